The molecule has 0 bridgehead atoms. The van der Waals surface area contributed by atoms with Crippen molar-refractivity contribution in [2.24, 2.45) is 5.92 Å². The van der Waals surface area contributed by atoms with E-state index in [0.29, 0.717) is 6.54 Å². The highest BCUT2D eigenvalue weighted by Crippen LogP contribution is 2.32. The van der Waals surface area contributed by atoms with Crippen molar-refractivity contribution in [2.75, 3.05) is 26.7 Å². The van der Waals surface area contributed by atoms with Gasteiger partial charge in [-0.05, 0) is 50.8 Å². The van der Waals surface area contributed by atoms with Crippen LogP contribution in [-0.2, 0) is 10.2 Å². The Morgan fingerprint density at radius 1 is 1.15 bits per heavy atom. The smallest absolute Gasteiger partial charge is 0.277 e. The van der Waals surface area contributed by atoms with Gasteiger partial charge in [-0.1, -0.05) is 38.0 Å². The first kappa shape index (κ1) is 20.6. The van der Waals surface area contributed by atoms with Crippen LogP contribution in [0, 0.1) is 5.92 Å². The maximum absolute atomic E-state index is 12.5. The molecule has 0 aromatic heterocycles. The first-order chi connectivity index (χ1) is 13.0. The second-order valence-electron chi connectivity index (χ2n) is 7.93. The summed E-state index contributed by atoms with van der Waals surface area (Å²) in [5, 5.41) is 0. The third-order valence-electron chi connectivity index (χ3n) is 5.90. The lowest BCUT2D eigenvalue weighted by atomic mass is 9.95. The Bertz CT molecular complexity index is 696. The molecule has 152 valence electrons. The Balaban J connectivity index is 1.73. The second kappa shape index (κ2) is 9.37. The van der Waals surface area contributed by atoms with E-state index in [4.69, 9.17) is 4.74 Å². The number of hydrogen-bond acceptors (Lipinski definition) is 4. The van der Waals surface area contributed by atoms with E-state index in [1.54, 1.807) is 7.11 Å². The van der Waals surface area contributed by atoms with E-state index in [1.165, 1.54) is 0 Å². The highest BCUT2D eigenvalue weighted by atomic mass is 32.2. The fourth-order valence-electron chi connectivity index (χ4n) is 4.21. The van der Waals surface area contributed by atoms with Crippen LogP contribution in [0.25, 0.3) is 0 Å². The van der Waals surface area contributed by atoms with E-state index in [2.05, 4.69) is 21.3 Å². The van der Waals surface area contributed by atoms with E-state index >= 15 is 0 Å². The number of benzene rings is 1. The highest BCUT2D eigenvalue weighted by molar-refractivity contribution is 7.87. The van der Waals surface area contributed by atoms with Gasteiger partial charge in [0.05, 0.1) is 13.2 Å². The van der Waals surface area contributed by atoms with E-state index in [0.717, 1.165) is 68.8 Å². The molecule has 1 saturated carbocycles. The van der Waals surface area contributed by atoms with Crippen molar-refractivity contribution >= 4 is 10.2 Å². The number of methoxy groups -OCH3 is 1. The largest absolute Gasteiger partial charge is 0.496 e. The number of hydrogen-bond donors (Lipinski definition) is 2. The fraction of sp³-hybridized carbons (Fsp3) is 0.700. The molecule has 0 spiro atoms. The Morgan fingerprint density at radius 2 is 1.81 bits per heavy atom. The van der Waals surface area contributed by atoms with Crippen LogP contribution >= 0.6 is 0 Å². The van der Waals surface area contributed by atoms with Gasteiger partial charge < -0.3 is 4.74 Å². The molecule has 7 heteroatoms. The van der Waals surface area contributed by atoms with Crippen molar-refractivity contribution in [3.05, 3.63) is 29.8 Å². The van der Waals surface area contributed by atoms with E-state index < -0.39 is 10.2 Å². The summed E-state index contributed by atoms with van der Waals surface area (Å²) in [6, 6.07) is 7.96. The second-order valence-corrected chi connectivity index (χ2v) is 9.46. The van der Waals surface area contributed by atoms with Gasteiger partial charge in [-0.3, -0.25) is 4.90 Å². The molecule has 1 unspecified atom stereocenters. The molecular weight excluding hydrogens is 362 g/mol. The minimum atomic E-state index is -3.50. The van der Waals surface area contributed by atoms with Crippen molar-refractivity contribution in [3.8, 4) is 5.75 Å². The summed E-state index contributed by atoms with van der Waals surface area (Å²) in [7, 11) is -1.84. The topological polar surface area (TPSA) is 70.7 Å². The van der Waals surface area contributed by atoms with Gasteiger partial charge in [-0.25, -0.2) is 4.72 Å². The maximum atomic E-state index is 12.5. The monoisotopic (exact) mass is 395 g/mol. The first-order valence-corrected chi connectivity index (χ1v) is 11.6. The molecule has 2 aliphatic rings. The van der Waals surface area contributed by atoms with Gasteiger partial charge in [0.25, 0.3) is 10.2 Å². The standard InChI is InChI=1S/C20H33N3O3S/c1-16-11-13-23(14-12-16)19(18-9-5-6-10-20(18)26-2)15-21-27(24,25)22-17-7-3-4-8-17/h5-6,9-10,16-17,19,21-22H,3-4,7-8,11-15H2,1-2H3. The number of nitrogens with zero attached hydrogens (tertiary/aromatic N) is 1. The molecule has 1 saturated heterocycles. The van der Waals surface area contributed by atoms with Crippen LogP contribution in [0.1, 0.15) is 57.1 Å². The lowest BCUT2D eigenvalue weighted by Crippen LogP contribution is -2.46. The molecule has 1 atom stereocenters. The van der Waals surface area contributed by atoms with E-state index in [9.17, 15) is 8.42 Å². The first-order valence-electron chi connectivity index (χ1n) is 10.1. The molecule has 0 amide bonds. The van der Waals surface area contributed by atoms with Crippen LogP contribution in [-0.4, -0.2) is 46.1 Å². The zero-order valence-corrected chi connectivity index (χ0v) is 17.3. The average molecular weight is 396 g/mol. The minimum Gasteiger partial charge on any atom is -0.496 e. The minimum absolute atomic E-state index is 0.0335. The van der Waals surface area contributed by atoms with Gasteiger partial charge in [0, 0.05) is 18.2 Å². The molecule has 27 heavy (non-hydrogen) atoms. The Morgan fingerprint density at radius 3 is 2.48 bits per heavy atom. The molecule has 1 aliphatic carbocycles. The van der Waals surface area contributed by atoms with Crippen molar-refractivity contribution in [1.29, 1.82) is 0 Å². The zero-order chi connectivity index (χ0) is 19.3. The average Bonchev–Trinajstić information content (AvgIpc) is 3.16. The summed E-state index contributed by atoms with van der Waals surface area (Å²) in [5.41, 5.74) is 1.04. The highest BCUT2D eigenvalue weighted by Gasteiger charge is 2.29. The summed E-state index contributed by atoms with van der Waals surface area (Å²) >= 11 is 0. The van der Waals surface area contributed by atoms with Crippen LogP contribution in [0.15, 0.2) is 24.3 Å². The molecule has 1 aromatic carbocycles. The zero-order valence-electron chi connectivity index (χ0n) is 16.5. The number of nitrogens with one attached hydrogen (secondary N) is 2. The molecule has 0 radical (unpaired) electrons. The quantitative estimate of drug-likeness (QED) is 0.710. The summed E-state index contributed by atoms with van der Waals surface area (Å²) in [5.74, 6) is 1.53. The normalized spacial score (nSPS) is 21.4. The third-order valence-corrected chi connectivity index (χ3v) is 7.09. The molecule has 1 heterocycles. The van der Waals surface area contributed by atoms with Crippen LogP contribution < -0.4 is 14.2 Å². The number of likely N-dealkylation sites (tertiary alicyclic amines) is 1. The Hall–Kier alpha value is -1.15. The number of piperidine rings is 1. The third kappa shape index (κ3) is 5.67. The van der Waals surface area contributed by atoms with Crippen molar-refractivity contribution in [2.45, 2.75) is 57.5 Å². The maximum Gasteiger partial charge on any atom is 0.277 e. The summed E-state index contributed by atoms with van der Waals surface area (Å²) in [6.45, 7) is 4.57. The lowest BCUT2D eigenvalue weighted by molar-refractivity contribution is 0.137. The van der Waals surface area contributed by atoms with Crippen LogP contribution in [0.2, 0.25) is 0 Å². The van der Waals surface area contributed by atoms with E-state index in [-0.39, 0.29) is 12.1 Å². The van der Waals surface area contributed by atoms with Gasteiger partial charge in [-0.2, -0.15) is 13.1 Å². The molecule has 2 N–H and O–H groups in total. The summed E-state index contributed by atoms with van der Waals surface area (Å²) in [6.07, 6.45) is 6.34. The predicted molar refractivity (Wildman–Crippen MR) is 108 cm³/mol. The van der Waals surface area contributed by atoms with Gasteiger partial charge in [-0.15, -0.1) is 0 Å². The summed E-state index contributed by atoms with van der Waals surface area (Å²) < 4.78 is 36.3. The molecule has 6 nitrogen and oxygen atoms in total. The van der Waals surface area contributed by atoms with Crippen molar-refractivity contribution in [1.82, 2.24) is 14.3 Å². The predicted octanol–water partition coefficient (Wildman–Crippen LogP) is 2.83. The Labute approximate surface area is 163 Å². The van der Waals surface area contributed by atoms with Gasteiger partial charge in [0.15, 0.2) is 0 Å². The van der Waals surface area contributed by atoms with Gasteiger partial charge in [0.1, 0.15) is 5.75 Å². The van der Waals surface area contributed by atoms with Gasteiger partial charge >= 0.3 is 0 Å². The molecule has 1 aromatic rings. The SMILES string of the molecule is COc1ccccc1C(CNS(=O)(=O)NC1CCCC1)N1CCC(C)CC1. The van der Waals surface area contributed by atoms with Gasteiger partial charge in [0.2, 0.25) is 0 Å². The van der Waals surface area contributed by atoms with Crippen molar-refractivity contribution in [3.63, 3.8) is 0 Å². The fourth-order valence-corrected chi connectivity index (χ4v) is 5.35. The number of rotatable bonds is 8. The van der Waals surface area contributed by atoms with Crippen LogP contribution in [0.3, 0.4) is 0 Å². The number of para-hydroxylation sites is 1. The molecule has 2 fully saturated rings. The molecule has 3 rings (SSSR count). The molecular formula is C20H33N3O3S. The van der Waals surface area contributed by atoms with E-state index in [1.807, 2.05) is 24.3 Å². The summed E-state index contributed by atoms with van der Waals surface area (Å²) in [4.78, 5) is 2.38. The Kier molecular flexibility index (Phi) is 7.14. The molecule has 1 aliphatic heterocycles. The number of ether oxygens (including phenoxy) is 1. The van der Waals surface area contributed by atoms with Crippen molar-refractivity contribution < 1.29 is 13.2 Å². The van der Waals surface area contributed by atoms with Crippen LogP contribution in [0.4, 0.5) is 0 Å². The van der Waals surface area contributed by atoms with Crippen LogP contribution in [0.5, 0.6) is 5.75 Å². The lowest BCUT2D eigenvalue weighted by Gasteiger charge is -2.37.